The lowest BCUT2D eigenvalue weighted by Crippen LogP contribution is -2.17. The zero-order chi connectivity index (χ0) is 32.9. The monoisotopic (exact) mass is 603 g/mol. The standard InChI is InChI=1S/C44H74/c1-12-24-40(28-22-21-27-39(13-2)26-20-18-16-14-15-17-19-25-34(3)4)43-30-23-29-42(37(9)10)44(43)38(11)33-41(36(7)8)32-31-35(5)6/h13,30,36,39-41H,2-3,5,9,11-12,14-29,31-33H2,1,4,6-8,10H3. The predicted molar refractivity (Wildman–Crippen MR) is 202 cm³/mol. The van der Waals surface area contributed by atoms with Crippen molar-refractivity contribution in [2.45, 2.75) is 170 Å². The van der Waals surface area contributed by atoms with Crippen LogP contribution in [0.5, 0.6) is 0 Å². The van der Waals surface area contributed by atoms with Gasteiger partial charge in [-0.3, -0.25) is 0 Å². The van der Waals surface area contributed by atoms with E-state index in [-0.39, 0.29) is 0 Å². The lowest BCUT2D eigenvalue weighted by Gasteiger charge is -2.32. The first-order valence-corrected chi connectivity index (χ1v) is 18.7. The first kappa shape index (κ1) is 40.2. The second kappa shape index (κ2) is 23.5. The van der Waals surface area contributed by atoms with Gasteiger partial charge in [0.15, 0.2) is 0 Å². The normalized spacial score (nSPS) is 15.6. The van der Waals surface area contributed by atoms with Crippen molar-refractivity contribution in [3.8, 4) is 0 Å². The molecule has 0 nitrogen and oxygen atoms in total. The Morgan fingerprint density at radius 3 is 1.86 bits per heavy atom. The highest BCUT2D eigenvalue weighted by Gasteiger charge is 2.27. The molecule has 0 bridgehead atoms. The number of hydrogen-bond donors (Lipinski definition) is 0. The Kier molecular flexibility index (Phi) is 21.5. The van der Waals surface area contributed by atoms with Gasteiger partial charge in [0, 0.05) is 0 Å². The highest BCUT2D eigenvalue weighted by Crippen LogP contribution is 2.43. The summed E-state index contributed by atoms with van der Waals surface area (Å²) in [7, 11) is 0. The Morgan fingerprint density at radius 1 is 0.750 bits per heavy atom. The Balaban J connectivity index is 2.72. The van der Waals surface area contributed by atoms with E-state index in [2.05, 4.69) is 80.0 Å². The Hall–Kier alpha value is -1.82. The molecule has 1 aliphatic carbocycles. The molecular weight excluding hydrogens is 528 g/mol. The first-order valence-electron chi connectivity index (χ1n) is 18.7. The molecule has 250 valence electrons. The maximum atomic E-state index is 4.77. The zero-order valence-electron chi connectivity index (χ0n) is 30.6. The largest absolute Gasteiger partial charge is 0.103 e. The summed E-state index contributed by atoms with van der Waals surface area (Å²) in [4.78, 5) is 0. The molecule has 0 aromatic rings. The minimum atomic E-state index is 0.631. The minimum Gasteiger partial charge on any atom is -0.103 e. The fourth-order valence-corrected chi connectivity index (χ4v) is 7.21. The van der Waals surface area contributed by atoms with E-state index >= 15 is 0 Å². The van der Waals surface area contributed by atoms with Crippen LogP contribution < -0.4 is 0 Å². The van der Waals surface area contributed by atoms with Gasteiger partial charge in [0.1, 0.15) is 0 Å². The van der Waals surface area contributed by atoms with Crippen molar-refractivity contribution in [2.75, 3.05) is 0 Å². The van der Waals surface area contributed by atoms with Crippen LogP contribution in [-0.2, 0) is 0 Å². The maximum Gasteiger partial charge on any atom is -0.0159 e. The van der Waals surface area contributed by atoms with Crippen molar-refractivity contribution in [1.29, 1.82) is 0 Å². The quantitative estimate of drug-likeness (QED) is 0.0648. The van der Waals surface area contributed by atoms with Gasteiger partial charge in [-0.2, -0.15) is 0 Å². The Morgan fingerprint density at radius 2 is 1.32 bits per heavy atom. The van der Waals surface area contributed by atoms with Gasteiger partial charge in [-0.25, -0.2) is 0 Å². The van der Waals surface area contributed by atoms with Gasteiger partial charge < -0.3 is 0 Å². The molecule has 0 aromatic heterocycles. The smallest absolute Gasteiger partial charge is 0.0159 e. The Bertz CT molecular complexity index is 947. The van der Waals surface area contributed by atoms with E-state index in [9.17, 15) is 0 Å². The molecule has 0 saturated carbocycles. The predicted octanol–water partition coefficient (Wildman–Crippen LogP) is 15.0. The fourth-order valence-electron chi connectivity index (χ4n) is 7.21. The van der Waals surface area contributed by atoms with E-state index in [1.807, 2.05) is 0 Å². The highest BCUT2D eigenvalue weighted by atomic mass is 14.3. The summed E-state index contributed by atoms with van der Waals surface area (Å²) in [5.74, 6) is 2.61. The van der Waals surface area contributed by atoms with E-state index in [4.69, 9.17) is 6.58 Å². The van der Waals surface area contributed by atoms with Crippen molar-refractivity contribution >= 4 is 0 Å². The average molecular weight is 603 g/mol. The molecule has 0 fully saturated rings. The molecule has 44 heavy (non-hydrogen) atoms. The van der Waals surface area contributed by atoms with Gasteiger partial charge in [0.05, 0.1) is 0 Å². The van der Waals surface area contributed by atoms with E-state index in [0.717, 1.165) is 25.7 Å². The van der Waals surface area contributed by atoms with Crippen molar-refractivity contribution in [3.63, 3.8) is 0 Å². The second-order valence-corrected chi connectivity index (χ2v) is 14.9. The number of unbranched alkanes of at least 4 members (excludes halogenated alkanes) is 7. The number of hydrogen-bond acceptors (Lipinski definition) is 0. The lowest BCUT2D eigenvalue weighted by atomic mass is 9.73. The third-order valence-electron chi connectivity index (χ3n) is 10.1. The molecule has 0 N–H and O–H groups in total. The molecule has 0 heteroatoms. The molecule has 1 aliphatic rings. The molecule has 0 aromatic carbocycles. The summed E-state index contributed by atoms with van der Waals surface area (Å²) < 4.78 is 0. The third kappa shape index (κ3) is 16.5. The van der Waals surface area contributed by atoms with Gasteiger partial charge >= 0.3 is 0 Å². The summed E-state index contributed by atoms with van der Waals surface area (Å²) in [6.07, 6.45) is 30.3. The van der Waals surface area contributed by atoms with Crippen molar-refractivity contribution in [1.82, 2.24) is 0 Å². The summed E-state index contributed by atoms with van der Waals surface area (Å²) in [6, 6.07) is 0. The first-order chi connectivity index (χ1) is 21.0. The van der Waals surface area contributed by atoms with Crippen LogP contribution in [0.3, 0.4) is 0 Å². The molecule has 0 spiro atoms. The summed E-state index contributed by atoms with van der Waals surface area (Å²) in [6.45, 7) is 35.3. The van der Waals surface area contributed by atoms with Crippen LogP contribution in [0.25, 0.3) is 0 Å². The van der Waals surface area contributed by atoms with Crippen molar-refractivity contribution in [2.24, 2.45) is 23.7 Å². The van der Waals surface area contributed by atoms with Crippen LogP contribution in [0.2, 0.25) is 0 Å². The summed E-state index contributed by atoms with van der Waals surface area (Å²) in [5.41, 5.74) is 9.79. The average Bonchev–Trinajstić information content (AvgIpc) is 2.97. The molecule has 0 aliphatic heterocycles. The molecule has 0 amide bonds. The van der Waals surface area contributed by atoms with E-state index < -0.39 is 0 Å². The van der Waals surface area contributed by atoms with Gasteiger partial charge in [0.25, 0.3) is 0 Å². The van der Waals surface area contributed by atoms with E-state index in [0.29, 0.717) is 23.7 Å². The number of rotatable bonds is 27. The molecular formula is C44H74. The van der Waals surface area contributed by atoms with Crippen molar-refractivity contribution < 1.29 is 0 Å². The molecule has 3 unspecified atom stereocenters. The van der Waals surface area contributed by atoms with Crippen molar-refractivity contribution in [3.05, 3.63) is 84.1 Å². The second-order valence-electron chi connectivity index (χ2n) is 14.9. The zero-order valence-corrected chi connectivity index (χ0v) is 30.6. The van der Waals surface area contributed by atoms with Gasteiger partial charge in [0.2, 0.25) is 0 Å². The van der Waals surface area contributed by atoms with Gasteiger partial charge in [-0.1, -0.05) is 121 Å². The summed E-state index contributed by atoms with van der Waals surface area (Å²) in [5, 5.41) is 0. The van der Waals surface area contributed by atoms with Crippen LogP contribution in [0.1, 0.15) is 170 Å². The van der Waals surface area contributed by atoms with Gasteiger partial charge in [-0.15, -0.1) is 19.7 Å². The third-order valence-corrected chi connectivity index (χ3v) is 10.1. The van der Waals surface area contributed by atoms with Crippen LogP contribution >= 0.6 is 0 Å². The molecule has 0 radical (unpaired) electrons. The molecule has 3 atom stereocenters. The molecule has 0 saturated heterocycles. The van der Waals surface area contributed by atoms with Crippen LogP contribution in [0.4, 0.5) is 0 Å². The van der Waals surface area contributed by atoms with E-state index in [1.165, 1.54) is 136 Å². The maximum absolute atomic E-state index is 4.77. The highest BCUT2D eigenvalue weighted by molar-refractivity contribution is 5.56. The van der Waals surface area contributed by atoms with Crippen LogP contribution in [-0.4, -0.2) is 0 Å². The topological polar surface area (TPSA) is 0 Å². The Labute approximate surface area is 277 Å². The van der Waals surface area contributed by atoms with E-state index in [1.54, 1.807) is 5.57 Å². The van der Waals surface area contributed by atoms with Gasteiger partial charge in [-0.05, 0) is 137 Å². The molecule has 1 rings (SSSR count). The minimum absolute atomic E-state index is 0.631. The summed E-state index contributed by atoms with van der Waals surface area (Å²) >= 11 is 0. The fraction of sp³-hybridized carbons (Fsp3) is 0.682. The van der Waals surface area contributed by atoms with Crippen LogP contribution in [0, 0.1) is 23.7 Å². The van der Waals surface area contributed by atoms with Crippen LogP contribution in [0.15, 0.2) is 84.1 Å². The SMILES string of the molecule is C=CC(CCCCCCCCCC(=C)C)CCCCC(CCC)C1=CCCC(C(=C)C)=C1C(=C)CC(CCC(=C)C)C(C)C. The molecule has 0 heterocycles. The lowest BCUT2D eigenvalue weighted by molar-refractivity contribution is 0.357. The number of allylic oxidation sites excluding steroid dienone is 9.